The molecular weight excluding hydrogens is 242 g/mol. The summed E-state index contributed by atoms with van der Waals surface area (Å²) in [7, 11) is 0. The van der Waals surface area contributed by atoms with Crippen molar-refractivity contribution in [3.8, 4) is 0 Å². The van der Waals surface area contributed by atoms with E-state index in [4.69, 9.17) is 0 Å². The molecule has 19 heavy (non-hydrogen) atoms. The molecule has 1 N–H and O–H groups in total. The van der Waals surface area contributed by atoms with Gasteiger partial charge in [-0.05, 0) is 12.8 Å². The molecule has 2 fully saturated rings. The topological polar surface area (TPSA) is 52.7 Å². The maximum absolute atomic E-state index is 12.0. The van der Waals surface area contributed by atoms with E-state index >= 15 is 0 Å². The van der Waals surface area contributed by atoms with Gasteiger partial charge in [-0.25, -0.2) is 0 Å². The van der Waals surface area contributed by atoms with Gasteiger partial charge in [0, 0.05) is 52.1 Å². The maximum atomic E-state index is 12.0. The van der Waals surface area contributed by atoms with Gasteiger partial charge in [0.15, 0.2) is 0 Å². The van der Waals surface area contributed by atoms with Crippen molar-refractivity contribution in [3.05, 3.63) is 0 Å². The van der Waals surface area contributed by atoms with Gasteiger partial charge >= 0.3 is 0 Å². The first-order valence-corrected chi connectivity index (χ1v) is 7.43. The van der Waals surface area contributed by atoms with Gasteiger partial charge in [0.25, 0.3) is 0 Å². The molecule has 0 spiro atoms. The first-order chi connectivity index (χ1) is 9.16. The fourth-order valence-corrected chi connectivity index (χ4v) is 2.94. The number of carbonyl (C=O) groups is 2. The van der Waals surface area contributed by atoms with Crippen molar-refractivity contribution in [3.63, 3.8) is 0 Å². The summed E-state index contributed by atoms with van der Waals surface area (Å²) in [5, 5.41) is 3.47. The summed E-state index contributed by atoms with van der Waals surface area (Å²) in [5.41, 5.74) is 0. The van der Waals surface area contributed by atoms with E-state index in [1.54, 1.807) is 11.8 Å². The zero-order chi connectivity index (χ0) is 13.7. The Morgan fingerprint density at radius 2 is 1.63 bits per heavy atom. The van der Waals surface area contributed by atoms with E-state index in [1.807, 2.05) is 4.90 Å². The van der Waals surface area contributed by atoms with Crippen LogP contribution < -0.4 is 5.32 Å². The predicted molar refractivity (Wildman–Crippen MR) is 73.7 cm³/mol. The van der Waals surface area contributed by atoms with E-state index in [0.717, 1.165) is 6.54 Å². The third-order valence-electron chi connectivity index (χ3n) is 4.20. The molecule has 0 aromatic rings. The molecule has 0 unspecified atom stereocenters. The van der Waals surface area contributed by atoms with Crippen molar-refractivity contribution in [1.82, 2.24) is 15.1 Å². The van der Waals surface area contributed by atoms with Crippen LogP contribution in [0, 0.1) is 0 Å². The Morgan fingerprint density at radius 1 is 1.05 bits per heavy atom. The van der Waals surface area contributed by atoms with Crippen LogP contribution in [0.3, 0.4) is 0 Å². The van der Waals surface area contributed by atoms with Gasteiger partial charge in [-0.15, -0.1) is 0 Å². The largest absolute Gasteiger partial charge is 0.339 e. The molecule has 0 aromatic carbocycles. The van der Waals surface area contributed by atoms with Crippen LogP contribution in [-0.2, 0) is 9.59 Å². The fourth-order valence-electron chi connectivity index (χ4n) is 2.94. The summed E-state index contributed by atoms with van der Waals surface area (Å²) >= 11 is 0. The van der Waals surface area contributed by atoms with E-state index in [-0.39, 0.29) is 11.8 Å². The average Bonchev–Trinajstić information content (AvgIpc) is 2.92. The van der Waals surface area contributed by atoms with Crippen molar-refractivity contribution < 1.29 is 9.59 Å². The Hall–Kier alpha value is -1.10. The highest BCUT2D eigenvalue weighted by Crippen LogP contribution is 2.17. The summed E-state index contributed by atoms with van der Waals surface area (Å²) in [6.45, 7) is 5.09. The molecule has 5 nitrogen and oxygen atoms in total. The molecule has 0 atom stereocenters. The summed E-state index contributed by atoms with van der Waals surface area (Å²) < 4.78 is 0. The summed E-state index contributed by atoms with van der Waals surface area (Å²) in [4.78, 5) is 26.9. The van der Waals surface area contributed by atoms with Crippen LogP contribution in [0.4, 0.5) is 0 Å². The lowest BCUT2D eigenvalue weighted by Gasteiger charge is -2.34. The number of nitrogens with zero attached hydrogens (tertiary/aromatic N) is 2. The van der Waals surface area contributed by atoms with E-state index in [0.29, 0.717) is 38.6 Å². The Bertz CT molecular complexity index is 319. The third kappa shape index (κ3) is 4.20. The highest BCUT2D eigenvalue weighted by molar-refractivity contribution is 5.77. The molecule has 5 heteroatoms. The zero-order valence-corrected chi connectivity index (χ0v) is 11.9. The Labute approximate surface area is 115 Å². The van der Waals surface area contributed by atoms with Gasteiger partial charge < -0.3 is 15.1 Å². The second-order valence-corrected chi connectivity index (χ2v) is 5.57. The number of rotatable bonds is 4. The van der Waals surface area contributed by atoms with Crippen molar-refractivity contribution in [2.75, 3.05) is 32.7 Å². The fraction of sp³-hybridized carbons (Fsp3) is 0.857. The second kappa shape index (κ2) is 6.89. The minimum absolute atomic E-state index is 0.106. The molecule has 1 aliphatic carbocycles. The minimum Gasteiger partial charge on any atom is -0.339 e. The zero-order valence-electron chi connectivity index (χ0n) is 11.9. The molecule has 0 aromatic heterocycles. The van der Waals surface area contributed by atoms with E-state index in [2.05, 4.69) is 5.32 Å². The van der Waals surface area contributed by atoms with Gasteiger partial charge in [0.1, 0.15) is 0 Å². The van der Waals surface area contributed by atoms with Gasteiger partial charge in [0.05, 0.1) is 0 Å². The van der Waals surface area contributed by atoms with E-state index in [9.17, 15) is 9.59 Å². The SMILES string of the molecule is CC(=O)N1CCN(C(=O)CCNC2CCCC2)CC1. The molecule has 1 saturated heterocycles. The van der Waals surface area contributed by atoms with Crippen molar-refractivity contribution >= 4 is 11.8 Å². The van der Waals surface area contributed by atoms with Gasteiger partial charge in [-0.2, -0.15) is 0 Å². The molecule has 2 aliphatic rings. The van der Waals surface area contributed by atoms with Gasteiger partial charge in [0.2, 0.25) is 11.8 Å². The molecule has 2 amide bonds. The quantitative estimate of drug-likeness (QED) is 0.811. The van der Waals surface area contributed by atoms with Crippen LogP contribution in [0.2, 0.25) is 0 Å². The molecule has 0 radical (unpaired) electrons. The van der Waals surface area contributed by atoms with E-state index in [1.165, 1.54) is 25.7 Å². The van der Waals surface area contributed by atoms with Crippen LogP contribution in [-0.4, -0.2) is 60.4 Å². The highest BCUT2D eigenvalue weighted by Gasteiger charge is 2.22. The Balaban J connectivity index is 1.62. The van der Waals surface area contributed by atoms with Crippen LogP contribution >= 0.6 is 0 Å². The number of hydrogen-bond acceptors (Lipinski definition) is 3. The number of nitrogens with one attached hydrogen (secondary N) is 1. The number of piperazine rings is 1. The Kier molecular flexibility index (Phi) is 5.19. The third-order valence-corrected chi connectivity index (χ3v) is 4.20. The number of hydrogen-bond donors (Lipinski definition) is 1. The normalized spacial score (nSPS) is 20.9. The lowest BCUT2D eigenvalue weighted by atomic mass is 10.2. The van der Waals surface area contributed by atoms with Crippen LogP contribution in [0.1, 0.15) is 39.0 Å². The van der Waals surface area contributed by atoms with Crippen molar-refractivity contribution in [1.29, 1.82) is 0 Å². The average molecular weight is 267 g/mol. The van der Waals surface area contributed by atoms with Crippen LogP contribution in [0.15, 0.2) is 0 Å². The van der Waals surface area contributed by atoms with Gasteiger partial charge in [-0.1, -0.05) is 12.8 Å². The van der Waals surface area contributed by atoms with Crippen LogP contribution in [0.25, 0.3) is 0 Å². The lowest BCUT2D eigenvalue weighted by Crippen LogP contribution is -2.50. The lowest BCUT2D eigenvalue weighted by molar-refractivity contribution is -0.138. The molecule has 0 bridgehead atoms. The molecular formula is C14H25N3O2. The molecule has 108 valence electrons. The summed E-state index contributed by atoms with van der Waals surface area (Å²) in [6.07, 6.45) is 5.73. The standard InChI is InChI=1S/C14H25N3O2/c1-12(18)16-8-10-17(11-9-16)14(19)6-7-15-13-4-2-3-5-13/h13,15H,2-11H2,1H3. The second-order valence-electron chi connectivity index (χ2n) is 5.57. The molecule has 1 aliphatic heterocycles. The minimum atomic E-state index is 0.106. The van der Waals surface area contributed by atoms with Gasteiger partial charge in [-0.3, -0.25) is 9.59 Å². The predicted octanol–water partition coefficient (Wildman–Crippen LogP) is 0.599. The smallest absolute Gasteiger partial charge is 0.223 e. The molecule has 1 saturated carbocycles. The summed E-state index contributed by atoms with van der Waals surface area (Å²) in [5.74, 6) is 0.323. The molecule has 1 heterocycles. The van der Waals surface area contributed by atoms with Crippen LogP contribution in [0.5, 0.6) is 0 Å². The highest BCUT2D eigenvalue weighted by atomic mass is 16.2. The maximum Gasteiger partial charge on any atom is 0.223 e. The summed E-state index contributed by atoms with van der Waals surface area (Å²) in [6, 6.07) is 0.627. The number of amides is 2. The Morgan fingerprint density at radius 3 is 2.21 bits per heavy atom. The first-order valence-electron chi connectivity index (χ1n) is 7.43. The molecule has 2 rings (SSSR count). The monoisotopic (exact) mass is 267 g/mol. The van der Waals surface area contributed by atoms with Crippen molar-refractivity contribution in [2.24, 2.45) is 0 Å². The number of carbonyl (C=O) groups excluding carboxylic acids is 2. The first kappa shape index (κ1) is 14.3. The van der Waals surface area contributed by atoms with E-state index < -0.39 is 0 Å². The van der Waals surface area contributed by atoms with Crippen molar-refractivity contribution in [2.45, 2.75) is 45.1 Å².